The third-order valence-corrected chi connectivity index (χ3v) is 5.33. The molecule has 2 amide bonds. The van der Waals surface area contributed by atoms with E-state index in [1.54, 1.807) is 17.4 Å². The number of carbonyl (C=O) groups excluding carboxylic acids is 2. The molecule has 1 aromatic heterocycles. The van der Waals surface area contributed by atoms with Gasteiger partial charge in [-0.1, -0.05) is 13.8 Å². The summed E-state index contributed by atoms with van der Waals surface area (Å²) in [4.78, 5) is 28.7. The van der Waals surface area contributed by atoms with Crippen LogP contribution in [-0.4, -0.2) is 61.9 Å². The molecule has 1 saturated heterocycles. The Morgan fingerprint density at radius 3 is 2.62 bits per heavy atom. The molecule has 0 spiro atoms. The van der Waals surface area contributed by atoms with Gasteiger partial charge >= 0.3 is 0 Å². The average molecular weight is 378 g/mol. The van der Waals surface area contributed by atoms with Crippen molar-refractivity contribution in [1.29, 1.82) is 0 Å². The molecular formula is C20H31N3O2S. The van der Waals surface area contributed by atoms with E-state index in [1.807, 2.05) is 41.9 Å². The van der Waals surface area contributed by atoms with Crippen LogP contribution in [0.2, 0.25) is 0 Å². The largest absolute Gasteiger partial charge is 0.355 e. The van der Waals surface area contributed by atoms with Crippen molar-refractivity contribution in [2.75, 3.05) is 40.3 Å². The predicted molar refractivity (Wildman–Crippen MR) is 108 cm³/mol. The molecule has 0 saturated carbocycles. The summed E-state index contributed by atoms with van der Waals surface area (Å²) in [6.07, 6.45) is 4.95. The Bertz CT molecular complexity index is 615. The SMILES string of the molecule is CN(C)CC(C)(C)CNC(=O)C1CCN(C(=O)/C=C/c2ccsc2)CC1. The zero-order valence-corrected chi connectivity index (χ0v) is 17.1. The Balaban J connectivity index is 1.75. The molecule has 144 valence electrons. The number of hydrogen-bond acceptors (Lipinski definition) is 4. The number of hydrogen-bond donors (Lipinski definition) is 1. The Hall–Kier alpha value is -1.66. The lowest BCUT2D eigenvalue weighted by atomic mass is 9.91. The van der Waals surface area contributed by atoms with Crippen molar-refractivity contribution in [3.05, 3.63) is 28.5 Å². The van der Waals surface area contributed by atoms with Gasteiger partial charge in [-0.25, -0.2) is 0 Å². The highest BCUT2D eigenvalue weighted by Crippen LogP contribution is 2.20. The van der Waals surface area contributed by atoms with E-state index in [2.05, 4.69) is 24.1 Å². The Kier molecular flexibility index (Phi) is 7.41. The lowest BCUT2D eigenvalue weighted by Gasteiger charge is -2.32. The van der Waals surface area contributed by atoms with Crippen LogP contribution in [0, 0.1) is 11.3 Å². The summed E-state index contributed by atoms with van der Waals surface area (Å²) in [5.74, 6) is 0.162. The second-order valence-electron chi connectivity index (χ2n) is 8.11. The number of carbonyl (C=O) groups is 2. The van der Waals surface area contributed by atoms with E-state index in [0.717, 1.165) is 24.9 Å². The highest BCUT2D eigenvalue weighted by molar-refractivity contribution is 7.08. The third-order valence-electron chi connectivity index (χ3n) is 4.62. The lowest BCUT2D eigenvalue weighted by Crippen LogP contribution is -2.45. The summed E-state index contributed by atoms with van der Waals surface area (Å²) in [6, 6.07) is 1.99. The molecule has 2 rings (SSSR count). The summed E-state index contributed by atoms with van der Waals surface area (Å²) in [6.45, 7) is 7.21. The van der Waals surface area contributed by atoms with E-state index in [-0.39, 0.29) is 23.1 Å². The van der Waals surface area contributed by atoms with Crippen LogP contribution in [-0.2, 0) is 9.59 Å². The molecule has 5 nitrogen and oxygen atoms in total. The summed E-state index contributed by atoms with van der Waals surface area (Å²) in [7, 11) is 4.09. The molecule has 6 heteroatoms. The van der Waals surface area contributed by atoms with E-state index < -0.39 is 0 Å². The van der Waals surface area contributed by atoms with Gasteiger partial charge in [0.05, 0.1) is 0 Å². The van der Waals surface area contributed by atoms with Gasteiger partial charge < -0.3 is 15.1 Å². The third kappa shape index (κ3) is 6.57. The number of rotatable bonds is 7. The summed E-state index contributed by atoms with van der Waals surface area (Å²) in [5.41, 5.74) is 1.10. The van der Waals surface area contributed by atoms with Crippen molar-refractivity contribution < 1.29 is 9.59 Å². The van der Waals surface area contributed by atoms with Crippen LogP contribution in [0.1, 0.15) is 32.3 Å². The Morgan fingerprint density at radius 2 is 2.04 bits per heavy atom. The first-order chi connectivity index (χ1) is 12.3. The lowest BCUT2D eigenvalue weighted by molar-refractivity contribution is -0.132. The van der Waals surface area contributed by atoms with Crippen molar-refractivity contribution in [2.24, 2.45) is 11.3 Å². The molecule has 26 heavy (non-hydrogen) atoms. The minimum Gasteiger partial charge on any atom is -0.355 e. The molecule has 0 unspecified atom stereocenters. The van der Waals surface area contributed by atoms with Crippen LogP contribution in [0.5, 0.6) is 0 Å². The van der Waals surface area contributed by atoms with Crippen molar-refractivity contribution in [1.82, 2.24) is 15.1 Å². The minimum atomic E-state index is 0.00931. The first-order valence-electron chi connectivity index (χ1n) is 9.18. The van der Waals surface area contributed by atoms with E-state index in [9.17, 15) is 9.59 Å². The zero-order chi connectivity index (χ0) is 19.2. The molecule has 0 atom stereocenters. The van der Waals surface area contributed by atoms with Crippen molar-refractivity contribution in [3.8, 4) is 0 Å². The fraction of sp³-hybridized carbons (Fsp3) is 0.600. The summed E-state index contributed by atoms with van der Waals surface area (Å²) >= 11 is 1.62. The predicted octanol–water partition coefficient (Wildman–Crippen LogP) is 2.70. The average Bonchev–Trinajstić information content (AvgIpc) is 3.10. The second kappa shape index (κ2) is 9.33. The van der Waals surface area contributed by atoms with Crippen LogP contribution in [0.3, 0.4) is 0 Å². The summed E-state index contributed by atoms with van der Waals surface area (Å²) < 4.78 is 0. The van der Waals surface area contributed by atoms with Gasteiger partial charge in [0.1, 0.15) is 0 Å². The van der Waals surface area contributed by atoms with Gasteiger partial charge in [-0.2, -0.15) is 11.3 Å². The first-order valence-corrected chi connectivity index (χ1v) is 10.1. The van der Waals surface area contributed by atoms with Crippen molar-refractivity contribution in [3.63, 3.8) is 0 Å². The van der Waals surface area contributed by atoms with Crippen LogP contribution < -0.4 is 5.32 Å². The van der Waals surface area contributed by atoms with Gasteiger partial charge in [-0.05, 0) is 60.8 Å². The van der Waals surface area contributed by atoms with E-state index in [0.29, 0.717) is 19.6 Å². The number of nitrogens with one attached hydrogen (secondary N) is 1. The molecule has 0 bridgehead atoms. The number of thiophene rings is 1. The van der Waals surface area contributed by atoms with Gasteiger partial charge in [0.25, 0.3) is 0 Å². The maximum Gasteiger partial charge on any atom is 0.246 e. The zero-order valence-electron chi connectivity index (χ0n) is 16.3. The maximum atomic E-state index is 12.4. The summed E-state index contributed by atoms with van der Waals surface area (Å²) in [5, 5.41) is 7.11. The number of amides is 2. The standard InChI is InChI=1S/C20H31N3O2S/c1-20(2,15-22(3)4)14-21-19(25)17-7-10-23(11-8-17)18(24)6-5-16-9-12-26-13-16/h5-6,9,12-13,17H,7-8,10-11,14-15H2,1-4H3,(H,21,25)/b6-5+. The molecule has 1 fully saturated rings. The fourth-order valence-corrected chi connectivity index (χ4v) is 4.02. The van der Waals surface area contributed by atoms with Gasteiger partial charge in [0.2, 0.25) is 11.8 Å². The molecule has 1 aromatic rings. The van der Waals surface area contributed by atoms with Crippen LogP contribution in [0.15, 0.2) is 22.9 Å². The smallest absolute Gasteiger partial charge is 0.246 e. The highest BCUT2D eigenvalue weighted by atomic mass is 32.1. The van der Waals surface area contributed by atoms with Gasteiger partial charge in [0, 0.05) is 38.2 Å². The fourth-order valence-electron chi connectivity index (χ4n) is 3.39. The molecular weight excluding hydrogens is 346 g/mol. The quantitative estimate of drug-likeness (QED) is 0.744. The Morgan fingerprint density at radius 1 is 1.35 bits per heavy atom. The highest BCUT2D eigenvalue weighted by Gasteiger charge is 2.28. The molecule has 0 aliphatic carbocycles. The monoisotopic (exact) mass is 377 g/mol. The Labute approximate surface area is 161 Å². The topological polar surface area (TPSA) is 52.7 Å². The maximum absolute atomic E-state index is 12.4. The number of piperidine rings is 1. The van der Waals surface area contributed by atoms with Crippen LogP contribution >= 0.6 is 11.3 Å². The molecule has 2 heterocycles. The number of likely N-dealkylation sites (tertiary alicyclic amines) is 1. The molecule has 0 aromatic carbocycles. The molecule has 1 N–H and O–H groups in total. The van der Waals surface area contributed by atoms with Crippen LogP contribution in [0.4, 0.5) is 0 Å². The van der Waals surface area contributed by atoms with E-state index in [4.69, 9.17) is 0 Å². The van der Waals surface area contributed by atoms with E-state index in [1.165, 1.54) is 0 Å². The molecule has 0 radical (unpaired) electrons. The van der Waals surface area contributed by atoms with E-state index >= 15 is 0 Å². The first kappa shape index (κ1) is 20.6. The van der Waals surface area contributed by atoms with Crippen molar-refractivity contribution in [2.45, 2.75) is 26.7 Å². The molecule has 1 aliphatic heterocycles. The van der Waals surface area contributed by atoms with Crippen molar-refractivity contribution >= 4 is 29.2 Å². The van der Waals surface area contributed by atoms with Gasteiger partial charge in [-0.15, -0.1) is 0 Å². The number of nitrogens with zero attached hydrogens (tertiary/aromatic N) is 2. The van der Waals surface area contributed by atoms with Crippen LogP contribution in [0.25, 0.3) is 6.08 Å². The minimum absolute atomic E-state index is 0.00931. The molecule has 1 aliphatic rings. The normalized spacial score (nSPS) is 16.4. The second-order valence-corrected chi connectivity index (χ2v) is 8.89. The van der Waals surface area contributed by atoms with Gasteiger partial charge in [-0.3, -0.25) is 9.59 Å². The van der Waals surface area contributed by atoms with Gasteiger partial charge in [0.15, 0.2) is 0 Å².